The van der Waals surface area contributed by atoms with Gasteiger partial charge in [-0.3, -0.25) is 14.3 Å². The Hall–Kier alpha value is -4.33. The Morgan fingerprint density at radius 3 is 2.49 bits per heavy atom. The number of carbonyl (C=O) groups excluding carboxylic acids is 2. The molecule has 2 aromatic carbocycles. The first-order chi connectivity index (χ1) is 16.9. The van der Waals surface area contributed by atoms with E-state index in [1.165, 1.54) is 0 Å². The SMILES string of the molecule is Cc1ccc(NC(=O)c2ccc3c(c2)[C@@H](c2ncn(C(C)C)n2)CN3C(=O)c2ccccc2)nc1. The van der Waals surface area contributed by atoms with Crippen molar-refractivity contribution in [2.75, 3.05) is 16.8 Å². The van der Waals surface area contributed by atoms with Crippen molar-refractivity contribution >= 4 is 23.3 Å². The molecule has 0 unspecified atom stereocenters. The predicted octanol–water partition coefficient (Wildman–Crippen LogP) is 4.61. The van der Waals surface area contributed by atoms with Crippen molar-refractivity contribution in [3.8, 4) is 0 Å². The highest BCUT2D eigenvalue weighted by Crippen LogP contribution is 2.40. The number of carbonyl (C=O) groups is 2. The molecule has 2 amide bonds. The van der Waals surface area contributed by atoms with E-state index >= 15 is 0 Å². The topological polar surface area (TPSA) is 93.0 Å². The fourth-order valence-electron chi connectivity index (χ4n) is 4.18. The molecule has 1 N–H and O–H groups in total. The highest BCUT2D eigenvalue weighted by atomic mass is 16.2. The molecule has 8 heteroatoms. The van der Waals surface area contributed by atoms with Crippen LogP contribution in [0.1, 0.15) is 63.5 Å². The van der Waals surface area contributed by atoms with E-state index in [4.69, 9.17) is 0 Å². The summed E-state index contributed by atoms with van der Waals surface area (Å²) < 4.78 is 1.80. The van der Waals surface area contributed by atoms with Crippen LogP contribution in [0.5, 0.6) is 0 Å². The molecule has 4 aromatic rings. The summed E-state index contributed by atoms with van der Waals surface area (Å²) in [5.41, 5.74) is 3.70. The average molecular weight is 467 g/mol. The summed E-state index contributed by atoms with van der Waals surface area (Å²) in [6.45, 7) is 6.41. The zero-order valence-electron chi connectivity index (χ0n) is 19.8. The fourth-order valence-corrected chi connectivity index (χ4v) is 4.18. The van der Waals surface area contributed by atoms with Gasteiger partial charge in [0.2, 0.25) is 0 Å². The summed E-state index contributed by atoms with van der Waals surface area (Å²) in [6.07, 6.45) is 3.42. The number of benzene rings is 2. The summed E-state index contributed by atoms with van der Waals surface area (Å²) in [5, 5.41) is 7.51. The fraction of sp³-hybridized carbons (Fsp3) is 0.222. The lowest BCUT2D eigenvalue weighted by molar-refractivity contribution is 0.0987. The average Bonchev–Trinajstić information content (AvgIpc) is 3.50. The Morgan fingerprint density at radius 1 is 1.00 bits per heavy atom. The number of nitrogens with one attached hydrogen (secondary N) is 1. The van der Waals surface area contributed by atoms with Gasteiger partial charge in [-0.25, -0.2) is 9.97 Å². The molecule has 2 aromatic heterocycles. The second-order valence-electron chi connectivity index (χ2n) is 8.96. The van der Waals surface area contributed by atoms with Crippen molar-refractivity contribution in [1.29, 1.82) is 0 Å². The first-order valence-corrected chi connectivity index (χ1v) is 11.6. The molecule has 0 spiro atoms. The van der Waals surface area contributed by atoms with Crippen molar-refractivity contribution in [2.24, 2.45) is 0 Å². The molecular formula is C27H26N6O2. The molecule has 5 rings (SSSR count). The largest absolute Gasteiger partial charge is 0.307 e. The summed E-state index contributed by atoms with van der Waals surface area (Å²) in [7, 11) is 0. The van der Waals surface area contributed by atoms with Crippen LogP contribution in [0.15, 0.2) is 73.2 Å². The number of amides is 2. The van der Waals surface area contributed by atoms with Crippen LogP contribution in [0.4, 0.5) is 11.5 Å². The molecule has 0 bridgehead atoms. The Labute approximate surface area is 203 Å². The van der Waals surface area contributed by atoms with Gasteiger partial charge in [0.1, 0.15) is 12.1 Å². The lowest BCUT2D eigenvalue weighted by Gasteiger charge is -2.18. The molecule has 0 saturated carbocycles. The van der Waals surface area contributed by atoms with E-state index in [1.807, 2.05) is 57.2 Å². The third-order valence-electron chi connectivity index (χ3n) is 6.11. The van der Waals surface area contributed by atoms with Gasteiger partial charge in [-0.05, 0) is 68.3 Å². The molecule has 1 aliphatic heterocycles. The molecule has 3 heterocycles. The lowest BCUT2D eigenvalue weighted by atomic mass is 9.98. The summed E-state index contributed by atoms with van der Waals surface area (Å²) >= 11 is 0. The number of nitrogens with zero attached hydrogens (tertiary/aromatic N) is 5. The van der Waals surface area contributed by atoms with E-state index in [2.05, 4.69) is 20.4 Å². The minimum atomic E-state index is -0.267. The first kappa shape index (κ1) is 22.5. The third kappa shape index (κ3) is 4.42. The van der Waals surface area contributed by atoms with E-state index in [0.29, 0.717) is 29.3 Å². The van der Waals surface area contributed by atoms with Crippen LogP contribution in [0, 0.1) is 6.92 Å². The molecule has 1 atom stereocenters. The molecule has 0 fully saturated rings. The van der Waals surface area contributed by atoms with Gasteiger partial charge in [0.25, 0.3) is 11.8 Å². The van der Waals surface area contributed by atoms with Crippen molar-refractivity contribution in [3.63, 3.8) is 0 Å². The van der Waals surface area contributed by atoms with Gasteiger partial charge >= 0.3 is 0 Å². The number of fused-ring (bicyclic) bond motifs is 1. The lowest BCUT2D eigenvalue weighted by Crippen LogP contribution is -2.30. The standard InChI is InChI=1S/C27H26N6O2/c1-17(2)33-16-29-25(31-33)22-15-32(27(35)19-7-5-4-6-8-19)23-11-10-20(13-21(22)23)26(34)30-24-12-9-18(3)14-28-24/h4-14,16-17,22H,15H2,1-3H3,(H,28,30,34)/t22-/m0/s1. The molecular weight excluding hydrogens is 440 g/mol. The highest BCUT2D eigenvalue weighted by molar-refractivity contribution is 6.09. The van der Waals surface area contributed by atoms with Gasteiger partial charge in [0.15, 0.2) is 5.82 Å². The Kier molecular flexibility index (Phi) is 5.86. The smallest absolute Gasteiger partial charge is 0.258 e. The van der Waals surface area contributed by atoms with Gasteiger partial charge in [-0.15, -0.1) is 0 Å². The molecule has 0 saturated heterocycles. The Balaban J connectivity index is 1.51. The van der Waals surface area contributed by atoms with Crippen molar-refractivity contribution in [3.05, 3.63) is 101 Å². The van der Waals surface area contributed by atoms with E-state index in [1.54, 1.807) is 46.4 Å². The second kappa shape index (κ2) is 9.13. The van der Waals surface area contributed by atoms with Crippen LogP contribution in [-0.4, -0.2) is 38.1 Å². The minimum Gasteiger partial charge on any atom is -0.307 e. The van der Waals surface area contributed by atoms with Crippen LogP contribution in [-0.2, 0) is 0 Å². The summed E-state index contributed by atoms with van der Waals surface area (Å²) in [4.78, 5) is 36.9. The number of anilines is 2. The maximum atomic E-state index is 13.4. The van der Waals surface area contributed by atoms with Crippen LogP contribution in [0.3, 0.4) is 0 Å². The zero-order chi connectivity index (χ0) is 24.5. The van der Waals surface area contributed by atoms with Crippen molar-refractivity contribution in [1.82, 2.24) is 19.7 Å². The molecule has 1 aliphatic rings. The van der Waals surface area contributed by atoms with Gasteiger partial charge < -0.3 is 10.2 Å². The normalized spacial score (nSPS) is 14.7. The monoisotopic (exact) mass is 466 g/mol. The highest BCUT2D eigenvalue weighted by Gasteiger charge is 2.36. The molecule has 0 aliphatic carbocycles. The van der Waals surface area contributed by atoms with Gasteiger partial charge in [-0.1, -0.05) is 24.3 Å². The number of aryl methyl sites for hydroxylation is 1. The van der Waals surface area contributed by atoms with Crippen LogP contribution in [0.25, 0.3) is 0 Å². The van der Waals surface area contributed by atoms with Gasteiger partial charge in [0, 0.05) is 35.6 Å². The van der Waals surface area contributed by atoms with Crippen LogP contribution >= 0.6 is 0 Å². The van der Waals surface area contributed by atoms with Gasteiger partial charge in [-0.2, -0.15) is 5.10 Å². The van der Waals surface area contributed by atoms with Gasteiger partial charge in [0.05, 0.1) is 5.92 Å². The summed E-state index contributed by atoms with van der Waals surface area (Å²) in [6, 6.07) is 18.4. The van der Waals surface area contributed by atoms with Crippen LogP contribution in [0.2, 0.25) is 0 Å². The molecule has 35 heavy (non-hydrogen) atoms. The van der Waals surface area contributed by atoms with E-state index in [-0.39, 0.29) is 23.8 Å². The Bertz CT molecular complexity index is 1380. The number of rotatable bonds is 5. The molecule has 8 nitrogen and oxygen atoms in total. The number of hydrogen-bond acceptors (Lipinski definition) is 5. The third-order valence-corrected chi connectivity index (χ3v) is 6.11. The Morgan fingerprint density at radius 2 is 1.80 bits per heavy atom. The predicted molar refractivity (Wildman–Crippen MR) is 134 cm³/mol. The second-order valence-corrected chi connectivity index (χ2v) is 8.96. The maximum Gasteiger partial charge on any atom is 0.258 e. The quantitative estimate of drug-likeness (QED) is 0.464. The van der Waals surface area contributed by atoms with Crippen molar-refractivity contribution < 1.29 is 9.59 Å². The zero-order valence-corrected chi connectivity index (χ0v) is 19.8. The molecule has 0 radical (unpaired) electrons. The summed E-state index contributed by atoms with van der Waals surface area (Å²) in [5.74, 6) is 0.495. The minimum absolute atomic E-state index is 0.0984. The van der Waals surface area contributed by atoms with E-state index in [0.717, 1.165) is 16.8 Å². The number of pyridine rings is 1. The maximum absolute atomic E-state index is 13.4. The first-order valence-electron chi connectivity index (χ1n) is 11.6. The van der Waals surface area contributed by atoms with E-state index in [9.17, 15) is 9.59 Å². The van der Waals surface area contributed by atoms with E-state index < -0.39 is 0 Å². The number of hydrogen-bond donors (Lipinski definition) is 1. The molecule has 176 valence electrons. The van der Waals surface area contributed by atoms with Crippen LogP contribution < -0.4 is 10.2 Å². The number of aromatic nitrogens is 4. The van der Waals surface area contributed by atoms with Crippen molar-refractivity contribution in [2.45, 2.75) is 32.7 Å².